The molecule has 1 aliphatic carbocycles. The molecule has 2 aromatic carbocycles. The van der Waals surface area contributed by atoms with Crippen LogP contribution in [0.3, 0.4) is 0 Å². The van der Waals surface area contributed by atoms with Gasteiger partial charge in [0, 0.05) is 24.2 Å². The number of benzene rings is 2. The first-order valence-corrected chi connectivity index (χ1v) is 10.8. The number of halogens is 1. The van der Waals surface area contributed by atoms with Gasteiger partial charge in [-0.25, -0.2) is 4.99 Å². The Balaban J connectivity index is 1.41. The fourth-order valence-corrected chi connectivity index (χ4v) is 2.95. The van der Waals surface area contributed by atoms with Crippen molar-refractivity contribution in [2.24, 2.45) is 4.99 Å². The van der Waals surface area contributed by atoms with Gasteiger partial charge in [0.05, 0.1) is 6.54 Å². The Bertz CT molecular complexity index is 833. The molecule has 1 amide bonds. The summed E-state index contributed by atoms with van der Waals surface area (Å²) in [6, 6.07) is 15.9. The average molecular weight is 429 g/mol. The van der Waals surface area contributed by atoms with E-state index in [9.17, 15) is 4.79 Å². The van der Waals surface area contributed by atoms with E-state index < -0.39 is 0 Å². The second-order valence-corrected chi connectivity index (χ2v) is 7.71. The van der Waals surface area contributed by atoms with Crippen LogP contribution < -0.4 is 20.7 Å². The highest BCUT2D eigenvalue weighted by Crippen LogP contribution is 2.18. The zero-order chi connectivity index (χ0) is 21.2. The molecule has 2 aromatic rings. The van der Waals surface area contributed by atoms with E-state index in [0.717, 1.165) is 48.9 Å². The molecule has 0 spiro atoms. The highest BCUT2D eigenvalue weighted by atomic mass is 35.5. The summed E-state index contributed by atoms with van der Waals surface area (Å²) in [6.07, 6.45) is 3.01. The van der Waals surface area contributed by atoms with Crippen LogP contribution in [0.1, 0.15) is 30.9 Å². The number of amides is 1. The summed E-state index contributed by atoms with van der Waals surface area (Å²) >= 11 is 5.93. The van der Waals surface area contributed by atoms with Gasteiger partial charge in [-0.1, -0.05) is 35.9 Å². The Morgan fingerprint density at radius 3 is 2.43 bits per heavy atom. The van der Waals surface area contributed by atoms with Crippen LogP contribution >= 0.6 is 11.6 Å². The van der Waals surface area contributed by atoms with E-state index in [1.165, 1.54) is 5.56 Å². The Morgan fingerprint density at radius 1 is 1.07 bits per heavy atom. The Labute approximate surface area is 183 Å². The molecule has 0 radical (unpaired) electrons. The monoisotopic (exact) mass is 428 g/mol. The second kappa shape index (κ2) is 11.5. The number of guanidine groups is 1. The van der Waals surface area contributed by atoms with Gasteiger partial charge in [0.25, 0.3) is 5.91 Å². The third-order valence-electron chi connectivity index (χ3n) is 4.62. The van der Waals surface area contributed by atoms with Crippen LogP contribution in [0, 0.1) is 0 Å². The second-order valence-electron chi connectivity index (χ2n) is 7.27. The topological polar surface area (TPSA) is 74.8 Å². The summed E-state index contributed by atoms with van der Waals surface area (Å²) in [7, 11) is 0. The molecule has 0 heterocycles. The van der Waals surface area contributed by atoms with Crippen LogP contribution in [0.15, 0.2) is 53.5 Å². The zero-order valence-electron chi connectivity index (χ0n) is 17.3. The fraction of sp³-hybridized carbons (Fsp3) is 0.391. The van der Waals surface area contributed by atoms with Crippen molar-refractivity contribution >= 4 is 23.5 Å². The summed E-state index contributed by atoms with van der Waals surface area (Å²) in [5, 5.41) is 10.3. The average Bonchev–Trinajstić information content (AvgIpc) is 3.56. The number of aliphatic imine (C=N–C) groups is 1. The minimum absolute atomic E-state index is 0.0559. The molecule has 3 rings (SSSR count). The molecule has 0 aliphatic heterocycles. The van der Waals surface area contributed by atoms with Crippen LogP contribution in [0.5, 0.6) is 5.75 Å². The third-order valence-corrected chi connectivity index (χ3v) is 4.87. The standard InChI is InChI=1S/C23H29ClN4O2/c1-2-25-23(27-15-18-3-7-19(24)8-4-18)26-14-13-17-5-11-21(12-6-17)30-16-22(29)28-20-9-10-20/h3-8,11-12,20H,2,9-10,13-16H2,1H3,(H,28,29)(H2,25,26,27). The molecule has 0 aromatic heterocycles. The van der Waals surface area contributed by atoms with Crippen LogP contribution in [0.2, 0.25) is 5.02 Å². The largest absolute Gasteiger partial charge is 0.484 e. The molecule has 0 atom stereocenters. The molecule has 0 saturated heterocycles. The van der Waals surface area contributed by atoms with E-state index in [2.05, 4.69) is 20.9 Å². The van der Waals surface area contributed by atoms with E-state index in [1.54, 1.807) is 0 Å². The number of carbonyl (C=O) groups is 1. The van der Waals surface area contributed by atoms with Gasteiger partial charge in [-0.2, -0.15) is 0 Å². The maximum atomic E-state index is 11.7. The van der Waals surface area contributed by atoms with Crippen LogP contribution in [-0.2, 0) is 17.8 Å². The highest BCUT2D eigenvalue weighted by molar-refractivity contribution is 6.30. The van der Waals surface area contributed by atoms with Crippen molar-refractivity contribution in [1.82, 2.24) is 16.0 Å². The van der Waals surface area contributed by atoms with Gasteiger partial charge >= 0.3 is 0 Å². The number of nitrogens with zero attached hydrogens (tertiary/aromatic N) is 1. The molecule has 7 heteroatoms. The van der Waals surface area contributed by atoms with Crippen molar-refractivity contribution in [2.75, 3.05) is 19.7 Å². The number of hydrogen-bond donors (Lipinski definition) is 3. The Hall–Kier alpha value is -2.73. The summed E-state index contributed by atoms with van der Waals surface area (Å²) in [5.41, 5.74) is 2.30. The van der Waals surface area contributed by atoms with Gasteiger partial charge in [-0.05, 0) is 61.6 Å². The Morgan fingerprint density at radius 2 is 1.77 bits per heavy atom. The van der Waals surface area contributed by atoms with E-state index in [-0.39, 0.29) is 12.5 Å². The normalized spacial score (nSPS) is 13.6. The molecule has 30 heavy (non-hydrogen) atoms. The maximum absolute atomic E-state index is 11.7. The fourth-order valence-electron chi connectivity index (χ4n) is 2.83. The molecular formula is C23H29ClN4O2. The highest BCUT2D eigenvalue weighted by Gasteiger charge is 2.23. The quantitative estimate of drug-likeness (QED) is 0.401. The third kappa shape index (κ3) is 7.95. The Kier molecular flexibility index (Phi) is 8.39. The van der Waals surface area contributed by atoms with Gasteiger partial charge in [0.1, 0.15) is 5.75 Å². The number of nitrogens with one attached hydrogen (secondary N) is 3. The molecule has 6 nitrogen and oxygen atoms in total. The number of ether oxygens (including phenoxy) is 1. The smallest absolute Gasteiger partial charge is 0.258 e. The predicted octanol–water partition coefficient (Wildman–Crippen LogP) is 3.30. The van der Waals surface area contributed by atoms with Crippen molar-refractivity contribution in [2.45, 2.75) is 38.8 Å². The van der Waals surface area contributed by atoms with Gasteiger partial charge in [-0.15, -0.1) is 0 Å². The van der Waals surface area contributed by atoms with Crippen LogP contribution in [0.25, 0.3) is 0 Å². The molecule has 160 valence electrons. The summed E-state index contributed by atoms with van der Waals surface area (Å²) in [6.45, 7) is 4.26. The van der Waals surface area contributed by atoms with Crippen LogP contribution in [0.4, 0.5) is 0 Å². The molecular weight excluding hydrogens is 400 g/mol. The lowest BCUT2D eigenvalue weighted by Gasteiger charge is -2.12. The molecule has 1 aliphatic rings. The molecule has 0 bridgehead atoms. The van der Waals surface area contributed by atoms with Gasteiger partial charge in [0.15, 0.2) is 12.6 Å². The first-order valence-electron chi connectivity index (χ1n) is 10.4. The lowest BCUT2D eigenvalue weighted by molar-refractivity contribution is -0.123. The lowest BCUT2D eigenvalue weighted by Crippen LogP contribution is -2.38. The van der Waals surface area contributed by atoms with Crippen molar-refractivity contribution in [1.29, 1.82) is 0 Å². The van der Waals surface area contributed by atoms with Gasteiger partial charge in [-0.3, -0.25) is 4.79 Å². The van der Waals surface area contributed by atoms with Crippen molar-refractivity contribution in [3.05, 3.63) is 64.7 Å². The van der Waals surface area contributed by atoms with E-state index in [0.29, 0.717) is 18.3 Å². The van der Waals surface area contributed by atoms with Gasteiger partial charge < -0.3 is 20.7 Å². The lowest BCUT2D eigenvalue weighted by atomic mass is 10.1. The predicted molar refractivity (Wildman–Crippen MR) is 121 cm³/mol. The molecule has 1 fully saturated rings. The minimum Gasteiger partial charge on any atom is -0.484 e. The minimum atomic E-state index is -0.0559. The summed E-state index contributed by atoms with van der Waals surface area (Å²) in [5.74, 6) is 1.43. The number of rotatable bonds is 10. The molecule has 3 N–H and O–H groups in total. The van der Waals surface area contributed by atoms with Crippen molar-refractivity contribution in [3.63, 3.8) is 0 Å². The zero-order valence-corrected chi connectivity index (χ0v) is 18.0. The van der Waals surface area contributed by atoms with E-state index >= 15 is 0 Å². The summed E-state index contributed by atoms with van der Waals surface area (Å²) in [4.78, 5) is 16.3. The van der Waals surface area contributed by atoms with Crippen LogP contribution in [-0.4, -0.2) is 37.6 Å². The molecule has 0 unspecified atom stereocenters. The first-order chi connectivity index (χ1) is 14.6. The summed E-state index contributed by atoms with van der Waals surface area (Å²) < 4.78 is 5.54. The van der Waals surface area contributed by atoms with E-state index in [4.69, 9.17) is 16.3 Å². The number of carbonyl (C=O) groups excluding carboxylic acids is 1. The first kappa shape index (κ1) is 22.0. The maximum Gasteiger partial charge on any atom is 0.258 e. The van der Waals surface area contributed by atoms with Crippen molar-refractivity contribution in [3.8, 4) is 5.75 Å². The van der Waals surface area contributed by atoms with E-state index in [1.807, 2.05) is 55.5 Å². The SMILES string of the molecule is CCNC(=NCc1ccc(Cl)cc1)NCCc1ccc(OCC(=O)NC2CC2)cc1. The number of hydrogen-bond acceptors (Lipinski definition) is 3. The van der Waals surface area contributed by atoms with Gasteiger partial charge in [0.2, 0.25) is 0 Å². The molecule has 1 saturated carbocycles. The van der Waals surface area contributed by atoms with Crippen molar-refractivity contribution < 1.29 is 9.53 Å².